The van der Waals surface area contributed by atoms with Gasteiger partial charge >= 0.3 is 0 Å². The molecule has 90 valence electrons. The van der Waals surface area contributed by atoms with E-state index in [1.807, 2.05) is 13.8 Å². The van der Waals surface area contributed by atoms with E-state index in [1.54, 1.807) is 0 Å². The Hall–Kier alpha value is 0.200. The maximum absolute atomic E-state index is 10.9. The summed E-state index contributed by atoms with van der Waals surface area (Å²) < 4.78 is 27.3. The first kappa shape index (κ1) is 13.3. The molecule has 0 aromatic rings. The van der Waals surface area contributed by atoms with E-state index >= 15 is 0 Å². The first-order valence-electron chi connectivity index (χ1n) is 5.29. The fourth-order valence-corrected chi connectivity index (χ4v) is 3.42. The van der Waals surface area contributed by atoms with Gasteiger partial charge in [0.25, 0.3) is 0 Å². The van der Waals surface area contributed by atoms with E-state index < -0.39 is 14.5 Å². The predicted octanol–water partition coefficient (Wildman–Crippen LogP) is 2.40. The van der Waals surface area contributed by atoms with Gasteiger partial charge in [-0.2, -0.15) is 0 Å². The minimum atomic E-state index is -3.43. The molecule has 0 aromatic carbocycles. The molecule has 1 rings (SSSR count). The van der Waals surface area contributed by atoms with Crippen LogP contribution in [-0.2, 0) is 13.8 Å². The zero-order chi connectivity index (χ0) is 11.5. The van der Waals surface area contributed by atoms with Crippen molar-refractivity contribution in [3.63, 3.8) is 0 Å². The van der Waals surface area contributed by atoms with E-state index in [0.717, 1.165) is 18.9 Å². The van der Waals surface area contributed by atoms with Gasteiger partial charge in [-0.25, -0.2) is 8.42 Å². The quantitative estimate of drug-likeness (QED) is 0.518. The van der Waals surface area contributed by atoms with Crippen molar-refractivity contribution in [3.05, 3.63) is 0 Å². The van der Waals surface area contributed by atoms with E-state index in [-0.39, 0.29) is 5.75 Å². The van der Waals surface area contributed by atoms with Crippen LogP contribution >= 0.6 is 10.7 Å². The molecule has 0 spiro atoms. The summed E-state index contributed by atoms with van der Waals surface area (Å²) in [5, 5.41) is 0. The minimum Gasteiger partial charge on any atom is -0.381 e. The zero-order valence-corrected chi connectivity index (χ0v) is 10.9. The molecule has 5 heteroatoms. The van der Waals surface area contributed by atoms with Crippen LogP contribution < -0.4 is 0 Å². The Morgan fingerprint density at radius 2 is 2.00 bits per heavy atom. The Balaban J connectivity index is 2.16. The molecule has 0 amide bonds. The molecule has 1 saturated carbocycles. The van der Waals surface area contributed by atoms with Crippen molar-refractivity contribution >= 4 is 19.7 Å². The summed E-state index contributed by atoms with van der Waals surface area (Å²) in [6.45, 7) is 4.89. The lowest BCUT2D eigenvalue weighted by atomic mass is 9.98. The van der Waals surface area contributed by atoms with Crippen LogP contribution in [0.3, 0.4) is 0 Å². The zero-order valence-electron chi connectivity index (χ0n) is 9.33. The van der Waals surface area contributed by atoms with Gasteiger partial charge in [0.2, 0.25) is 9.05 Å². The molecule has 0 heterocycles. The molecule has 1 aliphatic carbocycles. The van der Waals surface area contributed by atoms with Gasteiger partial charge in [0, 0.05) is 22.7 Å². The number of halogens is 1. The molecule has 15 heavy (non-hydrogen) atoms. The maximum atomic E-state index is 10.9. The highest BCUT2D eigenvalue weighted by Gasteiger charge is 2.26. The average Bonchev–Trinajstić information content (AvgIpc) is 2.76. The van der Waals surface area contributed by atoms with Crippen LogP contribution in [0.4, 0.5) is 0 Å². The monoisotopic (exact) mass is 254 g/mol. The first-order valence-corrected chi connectivity index (χ1v) is 7.76. The first-order chi connectivity index (χ1) is 6.79. The van der Waals surface area contributed by atoms with E-state index in [0.29, 0.717) is 6.61 Å². The lowest BCUT2D eigenvalue weighted by Gasteiger charge is -2.22. The number of hydrogen-bond donors (Lipinski definition) is 0. The van der Waals surface area contributed by atoms with Gasteiger partial charge in [-0.15, -0.1) is 0 Å². The fourth-order valence-electron chi connectivity index (χ4n) is 1.51. The summed E-state index contributed by atoms with van der Waals surface area (Å²) in [6, 6.07) is 0. The predicted molar refractivity (Wildman–Crippen MR) is 61.6 cm³/mol. The summed E-state index contributed by atoms with van der Waals surface area (Å²) in [5.41, 5.74) is -0.399. The molecule has 3 nitrogen and oxygen atoms in total. The van der Waals surface area contributed by atoms with Crippen LogP contribution in [0.15, 0.2) is 0 Å². The van der Waals surface area contributed by atoms with Crippen molar-refractivity contribution in [1.29, 1.82) is 0 Å². The van der Waals surface area contributed by atoms with Crippen molar-refractivity contribution < 1.29 is 13.2 Å². The van der Waals surface area contributed by atoms with Crippen molar-refractivity contribution in [2.45, 2.75) is 33.1 Å². The standard InChI is InChI=1S/C10H19ClO3S/c1-10(2,8-15(11,12)13)7-14-6-5-9-3-4-9/h9H,3-8H2,1-2H3. The van der Waals surface area contributed by atoms with Gasteiger partial charge in [0.15, 0.2) is 0 Å². The molecular weight excluding hydrogens is 236 g/mol. The van der Waals surface area contributed by atoms with Crippen LogP contribution in [0.1, 0.15) is 33.1 Å². The molecule has 0 N–H and O–H groups in total. The number of rotatable bonds is 7. The molecule has 0 aromatic heterocycles. The highest BCUT2D eigenvalue weighted by atomic mass is 35.7. The second-order valence-corrected chi connectivity index (χ2v) is 7.91. The van der Waals surface area contributed by atoms with E-state index in [4.69, 9.17) is 15.4 Å². The SMILES string of the molecule is CC(C)(COCCC1CC1)CS(=O)(=O)Cl. The van der Waals surface area contributed by atoms with E-state index in [2.05, 4.69) is 0 Å². The van der Waals surface area contributed by atoms with Gasteiger partial charge in [0.05, 0.1) is 12.4 Å². The molecule has 0 radical (unpaired) electrons. The van der Waals surface area contributed by atoms with Crippen LogP contribution in [0.25, 0.3) is 0 Å². The number of hydrogen-bond acceptors (Lipinski definition) is 3. The molecule has 0 saturated heterocycles. The lowest BCUT2D eigenvalue weighted by Crippen LogP contribution is -2.27. The van der Waals surface area contributed by atoms with Crippen LogP contribution in [-0.4, -0.2) is 27.4 Å². The molecule has 0 unspecified atom stereocenters. The van der Waals surface area contributed by atoms with Crippen LogP contribution in [0.2, 0.25) is 0 Å². The highest BCUT2D eigenvalue weighted by Crippen LogP contribution is 2.32. The molecule has 0 aliphatic heterocycles. The average molecular weight is 255 g/mol. The van der Waals surface area contributed by atoms with Gasteiger partial charge in [-0.1, -0.05) is 26.7 Å². The van der Waals surface area contributed by atoms with Crippen molar-refractivity contribution in [2.75, 3.05) is 19.0 Å². The van der Waals surface area contributed by atoms with E-state index in [9.17, 15) is 8.42 Å². The van der Waals surface area contributed by atoms with Gasteiger partial charge in [-0.3, -0.25) is 0 Å². The Morgan fingerprint density at radius 1 is 1.40 bits per heavy atom. The Labute approximate surface area is 96.6 Å². The van der Waals surface area contributed by atoms with Gasteiger partial charge in [-0.05, 0) is 12.3 Å². The summed E-state index contributed by atoms with van der Waals surface area (Å²) in [4.78, 5) is 0. The second kappa shape index (κ2) is 5.02. The smallest absolute Gasteiger partial charge is 0.233 e. The molecule has 0 bridgehead atoms. The Bertz CT molecular complexity index is 294. The van der Waals surface area contributed by atoms with E-state index in [1.165, 1.54) is 12.8 Å². The summed E-state index contributed by atoms with van der Waals surface area (Å²) in [5.74, 6) is 0.815. The topological polar surface area (TPSA) is 43.4 Å². The van der Waals surface area contributed by atoms with Crippen molar-refractivity contribution in [1.82, 2.24) is 0 Å². The van der Waals surface area contributed by atoms with Crippen molar-refractivity contribution in [2.24, 2.45) is 11.3 Å². The maximum Gasteiger partial charge on any atom is 0.233 e. The molecule has 0 atom stereocenters. The van der Waals surface area contributed by atoms with Gasteiger partial charge in [0.1, 0.15) is 0 Å². The third-order valence-corrected chi connectivity index (χ3v) is 3.88. The summed E-state index contributed by atoms with van der Waals surface area (Å²) in [7, 11) is 1.78. The molecular formula is C10H19ClO3S. The lowest BCUT2D eigenvalue weighted by molar-refractivity contribution is 0.0689. The Kier molecular flexibility index (Phi) is 4.44. The summed E-state index contributed by atoms with van der Waals surface area (Å²) in [6.07, 6.45) is 3.75. The summed E-state index contributed by atoms with van der Waals surface area (Å²) >= 11 is 0. The Morgan fingerprint density at radius 3 is 2.47 bits per heavy atom. The minimum absolute atomic E-state index is 0.0367. The highest BCUT2D eigenvalue weighted by molar-refractivity contribution is 8.13. The third-order valence-electron chi connectivity index (χ3n) is 2.42. The van der Waals surface area contributed by atoms with Gasteiger partial charge < -0.3 is 4.74 Å². The number of ether oxygens (including phenoxy) is 1. The van der Waals surface area contributed by atoms with Crippen LogP contribution in [0.5, 0.6) is 0 Å². The largest absolute Gasteiger partial charge is 0.381 e. The normalized spacial score (nSPS) is 18.1. The molecule has 1 fully saturated rings. The third kappa shape index (κ3) is 7.14. The van der Waals surface area contributed by atoms with Crippen LogP contribution in [0, 0.1) is 11.3 Å². The second-order valence-electron chi connectivity index (χ2n) is 5.13. The fraction of sp³-hybridized carbons (Fsp3) is 1.00. The van der Waals surface area contributed by atoms with Crippen molar-refractivity contribution in [3.8, 4) is 0 Å². The molecule has 1 aliphatic rings.